The van der Waals surface area contributed by atoms with Crippen molar-refractivity contribution in [3.05, 3.63) is 34.3 Å². The number of nitrogens with zero attached hydrogens (tertiary/aromatic N) is 1. The van der Waals surface area contributed by atoms with E-state index in [2.05, 4.69) is 10.2 Å². The van der Waals surface area contributed by atoms with Crippen molar-refractivity contribution in [2.75, 3.05) is 32.8 Å². The van der Waals surface area contributed by atoms with Gasteiger partial charge >= 0.3 is 6.18 Å². The van der Waals surface area contributed by atoms with E-state index in [9.17, 15) is 18.3 Å². The van der Waals surface area contributed by atoms with E-state index in [1.54, 1.807) is 6.07 Å². The van der Waals surface area contributed by atoms with Crippen LogP contribution in [0, 0.1) is 5.41 Å². The van der Waals surface area contributed by atoms with Gasteiger partial charge in [-0.05, 0) is 23.8 Å². The van der Waals surface area contributed by atoms with E-state index in [1.165, 1.54) is 0 Å². The molecule has 1 aliphatic rings. The van der Waals surface area contributed by atoms with Crippen molar-refractivity contribution in [2.45, 2.75) is 26.1 Å². The first-order valence-electron chi connectivity index (χ1n) is 7.58. The maximum atomic E-state index is 13.1. The van der Waals surface area contributed by atoms with Crippen LogP contribution < -0.4 is 5.32 Å². The van der Waals surface area contributed by atoms with Gasteiger partial charge in [0, 0.05) is 49.3 Å². The minimum absolute atomic E-state index is 0. The normalized spacial score (nSPS) is 18.1. The van der Waals surface area contributed by atoms with Gasteiger partial charge in [0.25, 0.3) is 0 Å². The van der Waals surface area contributed by atoms with E-state index in [4.69, 9.17) is 11.6 Å². The first-order chi connectivity index (χ1) is 10.6. The summed E-state index contributed by atoms with van der Waals surface area (Å²) in [6.45, 7) is 6.54. The Morgan fingerprint density at radius 2 is 1.79 bits per heavy atom. The summed E-state index contributed by atoms with van der Waals surface area (Å²) in [7, 11) is 0. The lowest BCUT2D eigenvalue weighted by molar-refractivity contribution is -0.137. The maximum absolute atomic E-state index is 13.1. The molecule has 0 saturated carbocycles. The smallest absolute Gasteiger partial charge is 0.396 e. The summed E-state index contributed by atoms with van der Waals surface area (Å²) in [6, 6.07) is 3.32. The summed E-state index contributed by atoms with van der Waals surface area (Å²) in [4.78, 5) is 2.11. The van der Waals surface area contributed by atoms with Crippen LogP contribution >= 0.6 is 24.0 Å². The van der Waals surface area contributed by atoms with Crippen molar-refractivity contribution < 1.29 is 18.3 Å². The fraction of sp³-hybridized carbons (Fsp3) is 0.625. The maximum Gasteiger partial charge on any atom is 0.416 e. The minimum atomic E-state index is -4.45. The monoisotopic (exact) mass is 386 g/mol. The zero-order valence-electron chi connectivity index (χ0n) is 13.7. The molecule has 2 N–H and O–H groups in total. The molecule has 0 amide bonds. The average Bonchev–Trinajstić information content (AvgIpc) is 2.47. The van der Waals surface area contributed by atoms with Gasteiger partial charge in [-0.25, -0.2) is 0 Å². The van der Waals surface area contributed by atoms with Crippen LogP contribution in [0.15, 0.2) is 18.2 Å². The molecule has 8 heteroatoms. The van der Waals surface area contributed by atoms with Crippen LogP contribution in [0.3, 0.4) is 0 Å². The Labute approximate surface area is 151 Å². The number of alkyl halides is 3. The lowest BCUT2D eigenvalue weighted by Gasteiger charge is -2.43. The second kappa shape index (κ2) is 8.23. The van der Waals surface area contributed by atoms with Crippen LogP contribution in [0.5, 0.6) is 0 Å². The van der Waals surface area contributed by atoms with Gasteiger partial charge in [-0.2, -0.15) is 13.2 Å². The van der Waals surface area contributed by atoms with Gasteiger partial charge in [-0.15, -0.1) is 12.4 Å². The molecule has 1 aromatic rings. The van der Waals surface area contributed by atoms with Crippen molar-refractivity contribution in [3.63, 3.8) is 0 Å². The van der Waals surface area contributed by atoms with Crippen LogP contribution in [0.4, 0.5) is 13.2 Å². The minimum Gasteiger partial charge on any atom is -0.396 e. The highest BCUT2D eigenvalue weighted by molar-refractivity contribution is 6.30. The molecular weight excluding hydrogens is 364 g/mol. The largest absolute Gasteiger partial charge is 0.416 e. The van der Waals surface area contributed by atoms with E-state index in [0.717, 1.165) is 25.2 Å². The molecule has 1 aliphatic heterocycles. The molecule has 1 heterocycles. The van der Waals surface area contributed by atoms with Gasteiger partial charge in [0.1, 0.15) is 0 Å². The Kier molecular flexibility index (Phi) is 7.38. The highest BCUT2D eigenvalue weighted by atomic mass is 35.5. The van der Waals surface area contributed by atoms with E-state index >= 15 is 0 Å². The SMILES string of the molecule is CC(C)(CO)[C@H](c1cc(Cl)cc(C(F)(F)F)c1)N1CCNCC1.Cl. The number of benzene rings is 1. The predicted molar refractivity (Wildman–Crippen MR) is 91.8 cm³/mol. The van der Waals surface area contributed by atoms with Gasteiger partial charge < -0.3 is 10.4 Å². The van der Waals surface area contributed by atoms with Crippen LogP contribution in [0.1, 0.15) is 31.0 Å². The van der Waals surface area contributed by atoms with E-state index < -0.39 is 17.2 Å². The average molecular weight is 387 g/mol. The number of rotatable bonds is 4. The Hall–Kier alpha value is -0.530. The van der Waals surface area contributed by atoms with Crippen molar-refractivity contribution in [1.82, 2.24) is 10.2 Å². The molecule has 24 heavy (non-hydrogen) atoms. The van der Waals surface area contributed by atoms with Crippen LogP contribution in [0.25, 0.3) is 0 Å². The molecule has 138 valence electrons. The van der Waals surface area contributed by atoms with Gasteiger partial charge in [0.15, 0.2) is 0 Å². The third-order valence-corrected chi connectivity index (χ3v) is 4.45. The first-order valence-corrected chi connectivity index (χ1v) is 7.96. The summed E-state index contributed by atoms with van der Waals surface area (Å²) in [5, 5.41) is 13.0. The van der Waals surface area contributed by atoms with Crippen molar-refractivity contribution in [1.29, 1.82) is 0 Å². The zero-order valence-corrected chi connectivity index (χ0v) is 15.2. The van der Waals surface area contributed by atoms with Gasteiger partial charge in [0.05, 0.1) is 5.56 Å². The van der Waals surface area contributed by atoms with Gasteiger partial charge in [-0.1, -0.05) is 25.4 Å². The van der Waals surface area contributed by atoms with E-state index in [0.29, 0.717) is 18.7 Å². The Morgan fingerprint density at radius 3 is 2.29 bits per heavy atom. The number of nitrogens with one attached hydrogen (secondary N) is 1. The molecule has 0 radical (unpaired) electrons. The standard InChI is InChI=1S/C16H22ClF3N2O.ClH/c1-15(2,10-23)14(22-5-3-21-4-6-22)11-7-12(16(18,19)20)9-13(17)8-11;/h7-9,14,21,23H,3-6,10H2,1-2H3;1H/t14-;/m0./s1. The summed E-state index contributed by atoms with van der Waals surface area (Å²) in [5.41, 5.74) is -0.857. The summed E-state index contributed by atoms with van der Waals surface area (Å²) in [5.74, 6) is 0. The number of aliphatic hydroxyl groups excluding tert-OH is 1. The second-order valence-corrected chi connectivity index (χ2v) is 7.04. The third kappa shape index (κ3) is 4.99. The molecule has 1 atom stereocenters. The van der Waals surface area contributed by atoms with E-state index in [-0.39, 0.29) is 30.1 Å². The zero-order chi connectivity index (χ0) is 17.3. The molecule has 1 saturated heterocycles. The molecule has 1 fully saturated rings. The predicted octanol–water partition coefficient (Wildman–Crippen LogP) is 3.75. The summed E-state index contributed by atoms with van der Waals surface area (Å²) < 4.78 is 39.3. The fourth-order valence-electron chi connectivity index (χ4n) is 3.12. The molecule has 0 unspecified atom stereocenters. The highest BCUT2D eigenvalue weighted by Gasteiger charge is 2.38. The quantitative estimate of drug-likeness (QED) is 0.826. The molecule has 0 aromatic heterocycles. The molecule has 2 rings (SSSR count). The molecule has 0 spiro atoms. The lowest BCUT2D eigenvalue weighted by Crippen LogP contribution is -2.49. The number of hydrogen-bond acceptors (Lipinski definition) is 3. The van der Waals surface area contributed by atoms with Crippen LogP contribution in [-0.4, -0.2) is 42.8 Å². The van der Waals surface area contributed by atoms with Crippen molar-refractivity contribution in [3.8, 4) is 0 Å². The summed E-state index contributed by atoms with van der Waals surface area (Å²) in [6.07, 6.45) is -4.45. The third-order valence-electron chi connectivity index (χ3n) is 4.23. The highest BCUT2D eigenvalue weighted by Crippen LogP contribution is 2.41. The van der Waals surface area contributed by atoms with Crippen molar-refractivity contribution in [2.24, 2.45) is 5.41 Å². The van der Waals surface area contributed by atoms with Gasteiger partial charge in [0.2, 0.25) is 0 Å². The van der Waals surface area contributed by atoms with Crippen LogP contribution in [0.2, 0.25) is 5.02 Å². The first kappa shape index (κ1) is 21.5. The van der Waals surface area contributed by atoms with Crippen LogP contribution in [-0.2, 0) is 6.18 Å². The number of hydrogen-bond donors (Lipinski definition) is 2. The number of halogens is 5. The number of piperazine rings is 1. The molecule has 0 bridgehead atoms. The fourth-order valence-corrected chi connectivity index (χ4v) is 3.36. The van der Waals surface area contributed by atoms with Gasteiger partial charge in [-0.3, -0.25) is 4.90 Å². The molecule has 1 aromatic carbocycles. The number of aliphatic hydroxyl groups is 1. The Morgan fingerprint density at radius 1 is 1.21 bits per heavy atom. The van der Waals surface area contributed by atoms with E-state index in [1.807, 2.05) is 13.8 Å². The molecule has 3 nitrogen and oxygen atoms in total. The topological polar surface area (TPSA) is 35.5 Å². The molecular formula is C16H23Cl2F3N2O. The lowest BCUT2D eigenvalue weighted by atomic mass is 9.79. The second-order valence-electron chi connectivity index (χ2n) is 6.61. The Balaban J connectivity index is 0.00000288. The summed E-state index contributed by atoms with van der Waals surface area (Å²) >= 11 is 5.94. The Bertz CT molecular complexity index is 547. The molecule has 0 aliphatic carbocycles. The van der Waals surface area contributed by atoms with Crippen molar-refractivity contribution >= 4 is 24.0 Å².